The second kappa shape index (κ2) is 8.67. The quantitative estimate of drug-likeness (QED) is 0.743. The summed E-state index contributed by atoms with van der Waals surface area (Å²) < 4.78 is 6.16. The maximum Gasteiger partial charge on any atom is 0.0462 e. The molecule has 0 bridgehead atoms. The molecular weight excluding hydrogens is 278 g/mol. The number of rotatable bonds is 8. The van der Waals surface area contributed by atoms with Crippen LogP contribution >= 0.6 is 15.9 Å². The van der Waals surface area contributed by atoms with Crippen LogP contribution in [0.4, 0.5) is 0 Å². The van der Waals surface area contributed by atoms with Crippen LogP contribution in [0.25, 0.3) is 0 Å². The zero-order valence-electron chi connectivity index (χ0n) is 10.7. The van der Waals surface area contributed by atoms with Crippen LogP contribution in [0.2, 0.25) is 0 Å². The summed E-state index contributed by atoms with van der Waals surface area (Å²) in [6.45, 7) is 4.17. The molecule has 0 saturated carbocycles. The summed E-state index contributed by atoms with van der Waals surface area (Å²) >= 11 is 3.45. The normalized spacial score (nSPS) is 12.6. The molecule has 0 heterocycles. The van der Waals surface area contributed by atoms with Crippen LogP contribution in [0, 0.1) is 0 Å². The zero-order valence-corrected chi connectivity index (χ0v) is 12.3. The molecule has 17 heavy (non-hydrogen) atoms. The molecule has 0 aromatic heterocycles. The van der Waals surface area contributed by atoms with E-state index in [4.69, 9.17) is 4.74 Å². The molecule has 1 atom stereocenters. The summed E-state index contributed by atoms with van der Waals surface area (Å²) in [6, 6.07) is 9.07. The maximum absolute atomic E-state index is 5.02. The van der Waals surface area contributed by atoms with Gasteiger partial charge in [-0.1, -0.05) is 28.1 Å². The van der Waals surface area contributed by atoms with E-state index in [1.807, 2.05) is 0 Å². The van der Waals surface area contributed by atoms with Crippen LogP contribution < -0.4 is 5.32 Å². The number of halogens is 1. The number of methoxy groups -OCH3 is 1. The van der Waals surface area contributed by atoms with E-state index in [1.54, 1.807) is 7.11 Å². The van der Waals surface area contributed by atoms with Gasteiger partial charge in [0.05, 0.1) is 0 Å². The summed E-state index contributed by atoms with van der Waals surface area (Å²) in [6.07, 6.45) is 3.39. The molecule has 1 aromatic rings. The molecule has 2 nitrogen and oxygen atoms in total. The van der Waals surface area contributed by atoms with Gasteiger partial charge in [0.25, 0.3) is 0 Å². The lowest BCUT2D eigenvalue weighted by molar-refractivity contribution is 0.192. The van der Waals surface area contributed by atoms with Gasteiger partial charge in [-0.25, -0.2) is 0 Å². The van der Waals surface area contributed by atoms with E-state index in [0.717, 1.165) is 30.5 Å². The Balaban J connectivity index is 2.16. The van der Waals surface area contributed by atoms with Gasteiger partial charge in [0.2, 0.25) is 0 Å². The van der Waals surface area contributed by atoms with E-state index in [0.29, 0.717) is 6.04 Å². The third kappa shape index (κ3) is 6.81. The van der Waals surface area contributed by atoms with E-state index in [-0.39, 0.29) is 0 Å². The third-order valence-corrected chi connectivity index (χ3v) is 3.25. The van der Waals surface area contributed by atoms with Crippen LogP contribution in [0.1, 0.15) is 25.3 Å². The summed E-state index contributed by atoms with van der Waals surface area (Å²) in [5.41, 5.74) is 1.38. The van der Waals surface area contributed by atoms with Crippen LogP contribution in [-0.4, -0.2) is 26.3 Å². The second-order valence-electron chi connectivity index (χ2n) is 4.39. The highest BCUT2D eigenvalue weighted by atomic mass is 79.9. The summed E-state index contributed by atoms with van der Waals surface area (Å²) in [5.74, 6) is 0. The first-order valence-corrected chi connectivity index (χ1v) is 6.98. The van der Waals surface area contributed by atoms with E-state index >= 15 is 0 Å². The molecule has 0 radical (unpaired) electrons. The van der Waals surface area contributed by atoms with Crippen molar-refractivity contribution < 1.29 is 4.74 Å². The number of unbranched alkanes of at least 4 members (excludes halogenated alkanes) is 1. The SMILES string of the molecule is COCCCCNC(C)Cc1ccc(Br)cc1. The molecule has 96 valence electrons. The average Bonchev–Trinajstić information content (AvgIpc) is 2.32. The van der Waals surface area contributed by atoms with E-state index in [2.05, 4.69) is 52.4 Å². The van der Waals surface area contributed by atoms with Gasteiger partial charge < -0.3 is 10.1 Å². The maximum atomic E-state index is 5.02. The smallest absolute Gasteiger partial charge is 0.0462 e. The molecule has 0 aliphatic rings. The van der Waals surface area contributed by atoms with Gasteiger partial charge in [-0.15, -0.1) is 0 Å². The highest BCUT2D eigenvalue weighted by Crippen LogP contribution is 2.11. The first-order valence-electron chi connectivity index (χ1n) is 6.19. The Labute approximate surface area is 113 Å². The number of benzene rings is 1. The van der Waals surface area contributed by atoms with Gasteiger partial charge in [-0.2, -0.15) is 0 Å². The molecule has 0 aliphatic carbocycles. The average molecular weight is 300 g/mol. The van der Waals surface area contributed by atoms with Crippen molar-refractivity contribution in [1.29, 1.82) is 0 Å². The standard InChI is InChI=1S/C14H22BrNO/c1-12(16-9-3-4-10-17-2)11-13-5-7-14(15)8-6-13/h5-8,12,16H,3-4,9-11H2,1-2H3. The Kier molecular flexibility index (Phi) is 7.49. The van der Waals surface area contributed by atoms with Crippen molar-refractivity contribution >= 4 is 15.9 Å². The Morgan fingerprint density at radius 3 is 2.59 bits per heavy atom. The van der Waals surface area contributed by atoms with Crippen molar-refractivity contribution in [2.45, 2.75) is 32.2 Å². The molecule has 3 heteroatoms. The molecule has 1 N–H and O–H groups in total. The van der Waals surface area contributed by atoms with E-state index in [9.17, 15) is 0 Å². The first kappa shape index (κ1) is 14.7. The van der Waals surface area contributed by atoms with Gasteiger partial charge in [0, 0.05) is 24.2 Å². The number of ether oxygens (including phenoxy) is 1. The fraction of sp³-hybridized carbons (Fsp3) is 0.571. The van der Waals surface area contributed by atoms with Crippen molar-refractivity contribution in [2.75, 3.05) is 20.3 Å². The largest absolute Gasteiger partial charge is 0.385 e. The lowest BCUT2D eigenvalue weighted by Gasteiger charge is -2.13. The van der Waals surface area contributed by atoms with Crippen molar-refractivity contribution in [3.63, 3.8) is 0 Å². The second-order valence-corrected chi connectivity index (χ2v) is 5.30. The summed E-state index contributed by atoms with van der Waals surface area (Å²) in [5, 5.41) is 3.54. The Hall–Kier alpha value is -0.380. The van der Waals surface area contributed by atoms with Crippen molar-refractivity contribution in [1.82, 2.24) is 5.32 Å². The summed E-state index contributed by atoms with van der Waals surface area (Å²) in [4.78, 5) is 0. The van der Waals surface area contributed by atoms with Gasteiger partial charge >= 0.3 is 0 Å². The predicted octanol–water partition coefficient (Wildman–Crippen LogP) is 3.40. The molecule has 0 aliphatic heterocycles. The zero-order chi connectivity index (χ0) is 12.5. The van der Waals surface area contributed by atoms with Crippen LogP contribution in [-0.2, 0) is 11.2 Å². The first-order chi connectivity index (χ1) is 8.22. The topological polar surface area (TPSA) is 21.3 Å². The van der Waals surface area contributed by atoms with Gasteiger partial charge in [-0.3, -0.25) is 0 Å². The van der Waals surface area contributed by atoms with Crippen LogP contribution in [0.15, 0.2) is 28.7 Å². The number of nitrogens with one attached hydrogen (secondary N) is 1. The predicted molar refractivity (Wildman–Crippen MR) is 76.4 cm³/mol. The van der Waals surface area contributed by atoms with Crippen molar-refractivity contribution in [2.24, 2.45) is 0 Å². The molecule has 1 rings (SSSR count). The Morgan fingerprint density at radius 1 is 1.24 bits per heavy atom. The molecule has 0 spiro atoms. The van der Waals surface area contributed by atoms with Crippen molar-refractivity contribution in [3.05, 3.63) is 34.3 Å². The van der Waals surface area contributed by atoms with Gasteiger partial charge in [0.1, 0.15) is 0 Å². The minimum Gasteiger partial charge on any atom is -0.385 e. The molecule has 0 amide bonds. The lowest BCUT2D eigenvalue weighted by Crippen LogP contribution is -2.29. The monoisotopic (exact) mass is 299 g/mol. The minimum absolute atomic E-state index is 0.527. The molecule has 0 fully saturated rings. The van der Waals surface area contributed by atoms with Gasteiger partial charge in [-0.05, 0) is 50.4 Å². The van der Waals surface area contributed by atoms with Crippen molar-refractivity contribution in [3.8, 4) is 0 Å². The van der Waals surface area contributed by atoms with E-state index in [1.165, 1.54) is 12.0 Å². The fourth-order valence-corrected chi connectivity index (χ4v) is 2.03. The number of hydrogen-bond donors (Lipinski definition) is 1. The lowest BCUT2D eigenvalue weighted by atomic mass is 10.1. The highest BCUT2D eigenvalue weighted by Gasteiger charge is 2.02. The van der Waals surface area contributed by atoms with Crippen LogP contribution in [0.3, 0.4) is 0 Å². The molecule has 1 aromatic carbocycles. The fourth-order valence-electron chi connectivity index (χ4n) is 1.77. The molecular formula is C14H22BrNO. The molecule has 0 saturated heterocycles. The minimum atomic E-state index is 0.527. The third-order valence-electron chi connectivity index (χ3n) is 2.72. The van der Waals surface area contributed by atoms with Gasteiger partial charge in [0.15, 0.2) is 0 Å². The Morgan fingerprint density at radius 2 is 1.94 bits per heavy atom. The Bertz CT molecular complexity index is 300. The number of hydrogen-bond acceptors (Lipinski definition) is 2. The molecule has 1 unspecified atom stereocenters. The highest BCUT2D eigenvalue weighted by molar-refractivity contribution is 9.10. The summed E-state index contributed by atoms with van der Waals surface area (Å²) in [7, 11) is 1.75. The van der Waals surface area contributed by atoms with E-state index < -0.39 is 0 Å². The van der Waals surface area contributed by atoms with Crippen LogP contribution in [0.5, 0.6) is 0 Å².